The van der Waals surface area contributed by atoms with Gasteiger partial charge in [-0.3, -0.25) is 10.1 Å². The Labute approximate surface area is 115 Å². The summed E-state index contributed by atoms with van der Waals surface area (Å²) in [5.74, 6) is 0.836. The van der Waals surface area contributed by atoms with E-state index in [1.54, 1.807) is 0 Å². The molecule has 1 N–H and O–H groups in total. The van der Waals surface area contributed by atoms with Gasteiger partial charge in [-0.15, -0.1) is 0 Å². The van der Waals surface area contributed by atoms with E-state index in [0.717, 1.165) is 38.9 Å². The van der Waals surface area contributed by atoms with E-state index in [1.165, 1.54) is 12.8 Å². The van der Waals surface area contributed by atoms with Crippen LogP contribution in [0.2, 0.25) is 0 Å². The molecular formula is C15H26N2O2. The number of hydrogen-bond donors (Lipinski definition) is 1. The van der Waals surface area contributed by atoms with Gasteiger partial charge in [-0.05, 0) is 31.6 Å². The molecule has 0 bridgehead atoms. The van der Waals surface area contributed by atoms with Crippen molar-refractivity contribution in [3.8, 4) is 0 Å². The van der Waals surface area contributed by atoms with Gasteiger partial charge in [0.25, 0.3) is 0 Å². The van der Waals surface area contributed by atoms with Gasteiger partial charge in [-0.2, -0.15) is 0 Å². The summed E-state index contributed by atoms with van der Waals surface area (Å²) >= 11 is 0. The maximum atomic E-state index is 13.0. The predicted octanol–water partition coefficient (Wildman–Crippen LogP) is 1.89. The first kappa shape index (κ1) is 13.4. The van der Waals surface area contributed by atoms with Gasteiger partial charge < -0.3 is 9.64 Å². The lowest BCUT2D eigenvalue weighted by molar-refractivity contribution is -0.137. The average molecular weight is 266 g/mol. The summed E-state index contributed by atoms with van der Waals surface area (Å²) in [7, 11) is 0. The fraction of sp³-hybridized carbons (Fsp3) is 0.933. The van der Waals surface area contributed by atoms with Crippen LogP contribution in [0.3, 0.4) is 0 Å². The van der Waals surface area contributed by atoms with Gasteiger partial charge in [-0.1, -0.05) is 26.7 Å². The molecule has 2 heterocycles. The van der Waals surface area contributed by atoms with Crippen LogP contribution in [-0.4, -0.2) is 41.8 Å². The number of nitrogens with one attached hydrogen (secondary N) is 1. The van der Waals surface area contributed by atoms with Crippen molar-refractivity contribution in [1.82, 2.24) is 10.2 Å². The smallest absolute Gasteiger partial charge is 0.244 e. The van der Waals surface area contributed by atoms with E-state index in [4.69, 9.17) is 4.74 Å². The highest BCUT2D eigenvalue weighted by Crippen LogP contribution is 2.39. The van der Waals surface area contributed by atoms with Crippen molar-refractivity contribution in [2.24, 2.45) is 5.92 Å². The molecule has 1 spiro atoms. The molecule has 3 rings (SSSR count). The molecule has 3 fully saturated rings. The van der Waals surface area contributed by atoms with Crippen LogP contribution in [0.1, 0.15) is 52.4 Å². The van der Waals surface area contributed by atoms with Crippen LogP contribution in [0.5, 0.6) is 0 Å². The highest BCUT2D eigenvalue weighted by molar-refractivity contribution is 5.89. The standard InChI is InChI=1S/C15H26N2O2/c1-11(2)13-16-15(7-3-4-8-15)14(18)17(13)12-5-9-19-10-6-12/h11-13,16H,3-10H2,1-2H3. The number of carbonyl (C=O) groups is 1. The molecule has 0 radical (unpaired) electrons. The first-order valence-electron chi connectivity index (χ1n) is 7.82. The molecule has 0 aromatic carbocycles. The molecule has 2 aliphatic heterocycles. The van der Waals surface area contributed by atoms with Crippen LogP contribution in [0.25, 0.3) is 0 Å². The van der Waals surface area contributed by atoms with E-state index < -0.39 is 0 Å². The second kappa shape index (κ2) is 5.06. The van der Waals surface area contributed by atoms with Crippen LogP contribution in [-0.2, 0) is 9.53 Å². The van der Waals surface area contributed by atoms with Gasteiger partial charge in [0, 0.05) is 19.3 Å². The molecule has 19 heavy (non-hydrogen) atoms. The maximum Gasteiger partial charge on any atom is 0.244 e. The van der Waals surface area contributed by atoms with Gasteiger partial charge >= 0.3 is 0 Å². The minimum atomic E-state index is -0.229. The van der Waals surface area contributed by atoms with E-state index in [-0.39, 0.29) is 11.7 Å². The molecule has 1 aliphatic carbocycles. The second-order valence-corrected chi connectivity index (χ2v) is 6.68. The average Bonchev–Trinajstić information content (AvgIpc) is 2.99. The Hall–Kier alpha value is -0.610. The normalized spacial score (nSPS) is 31.8. The fourth-order valence-corrected chi connectivity index (χ4v) is 3.97. The number of rotatable bonds is 2. The number of ether oxygens (including phenoxy) is 1. The minimum absolute atomic E-state index is 0.216. The Balaban J connectivity index is 1.84. The molecule has 0 aromatic heterocycles. The van der Waals surface area contributed by atoms with E-state index in [2.05, 4.69) is 24.1 Å². The van der Waals surface area contributed by atoms with E-state index in [1.807, 2.05) is 0 Å². The van der Waals surface area contributed by atoms with E-state index >= 15 is 0 Å². The SMILES string of the molecule is CC(C)C1NC2(CCCC2)C(=O)N1C1CCOCC1. The lowest BCUT2D eigenvalue weighted by Crippen LogP contribution is -2.49. The Morgan fingerprint density at radius 3 is 2.47 bits per heavy atom. The molecule has 2 saturated heterocycles. The Morgan fingerprint density at radius 1 is 1.26 bits per heavy atom. The number of nitrogens with zero attached hydrogens (tertiary/aromatic N) is 1. The molecule has 1 amide bonds. The highest BCUT2D eigenvalue weighted by Gasteiger charge is 2.54. The van der Waals surface area contributed by atoms with Crippen LogP contribution < -0.4 is 5.32 Å². The van der Waals surface area contributed by atoms with Gasteiger partial charge in [-0.25, -0.2) is 0 Å². The Bertz CT molecular complexity index is 344. The van der Waals surface area contributed by atoms with Crippen molar-refractivity contribution in [1.29, 1.82) is 0 Å². The first-order chi connectivity index (χ1) is 9.14. The molecule has 4 nitrogen and oxygen atoms in total. The van der Waals surface area contributed by atoms with Gasteiger partial charge in [0.05, 0.1) is 11.7 Å². The Morgan fingerprint density at radius 2 is 1.89 bits per heavy atom. The summed E-state index contributed by atoms with van der Waals surface area (Å²) in [5.41, 5.74) is -0.229. The zero-order chi connectivity index (χ0) is 13.5. The van der Waals surface area contributed by atoms with Gasteiger partial charge in [0.1, 0.15) is 0 Å². The van der Waals surface area contributed by atoms with Crippen LogP contribution in [0.15, 0.2) is 0 Å². The molecule has 4 heteroatoms. The molecule has 108 valence electrons. The van der Waals surface area contributed by atoms with Gasteiger partial charge in [0.2, 0.25) is 5.91 Å². The number of carbonyl (C=O) groups excluding carboxylic acids is 1. The third kappa shape index (κ3) is 2.19. The quantitative estimate of drug-likeness (QED) is 0.830. The van der Waals surface area contributed by atoms with Gasteiger partial charge in [0.15, 0.2) is 0 Å². The highest BCUT2D eigenvalue weighted by atomic mass is 16.5. The Kier molecular flexibility index (Phi) is 3.56. The monoisotopic (exact) mass is 266 g/mol. The maximum absolute atomic E-state index is 13.0. The van der Waals surface area contributed by atoms with Crippen LogP contribution in [0.4, 0.5) is 0 Å². The summed E-state index contributed by atoms with van der Waals surface area (Å²) in [6.45, 7) is 6.02. The van der Waals surface area contributed by atoms with Crippen molar-refractivity contribution in [3.63, 3.8) is 0 Å². The van der Waals surface area contributed by atoms with Crippen LogP contribution >= 0.6 is 0 Å². The minimum Gasteiger partial charge on any atom is -0.381 e. The summed E-state index contributed by atoms with van der Waals surface area (Å²) in [5, 5.41) is 3.70. The molecule has 1 unspecified atom stereocenters. The van der Waals surface area contributed by atoms with Crippen molar-refractivity contribution in [3.05, 3.63) is 0 Å². The largest absolute Gasteiger partial charge is 0.381 e. The zero-order valence-corrected chi connectivity index (χ0v) is 12.2. The van der Waals surface area contributed by atoms with E-state index in [0.29, 0.717) is 17.9 Å². The third-order valence-electron chi connectivity index (χ3n) is 5.04. The fourth-order valence-electron chi connectivity index (χ4n) is 3.97. The van der Waals surface area contributed by atoms with Crippen LogP contribution in [0, 0.1) is 5.92 Å². The summed E-state index contributed by atoms with van der Waals surface area (Å²) in [6.07, 6.45) is 6.62. The second-order valence-electron chi connectivity index (χ2n) is 6.68. The topological polar surface area (TPSA) is 41.6 Å². The first-order valence-corrected chi connectivity index (χ1v) is 7.82. The number of hydrogen-bond acceptors (Lipinski definition) is 3. The summed E-state index contributed by atoms with van der Waals surface area (Å²) in [6, 6.07) is 0.376. The summed E-state index contributed by atoms with van der Waals surface area (Å²) in [4.78, 5) is 15.1. The lowest BCUT2D eigenvalue weighted by atomic mass is 9.97. The predicted molar refractivity (Wildman–Crippen MR) is 73.6 cm³/mol. The number of amides is 1. The lowest BCUT2D eigenvalue weighted by Gasteiger charge is -2.36. The molecule has 3 aliphatic rings. The van der Waals surface area contributed by atoms with Crippen molar-refractivity contribution in [2.45, 2.75) is 70.1 Å². The van der Waals surface area contributed by atoms with E-state index in [9.17, 15) is 4.79 Å². The molecule has 0 aromatic rings. The molecular weight excluding hydrogens is 240 g/mol. The summed E-state index contributed by atoms with van der Waals surface area (Å²) < 4.78 is 5.45. The van der Waals surface area contributed by atoms with Crippen molar-refractivity contribution < 1.29 is 9.53 Å². The zero-order valence-electron chi connectivity index (χ0n) is 12.2. The third-order valence-corrected chi connectivity index (χ3v) is 5.04. The van der Waals surface area contributed by atoms with Crippen molar-refractivity contribution >= 4 is 5.91 Å². The van der Waals surface area contributed by atoms with Crippen molar-refractivity contribution in [2.75, 3.05) is 13.2 Å². The molecule has 1 saturated carbocycles. The molecule has 1 atom stereocenters.